The summed E-state index contributed by atoms with van der Waals surface area (Å²) in [5.74, 6) is 0. The van der Waals surface area contributed by atoms with Crippen LogP contribution in [0.15, 0.2) is 60.7 Å². The third kappa shape index (κ3) is 10.2. The van der Waals surface area contributed by atoms with Gasteiger partial charge in [-0.15, -0.1) is 0 Å². The predicted molar refractivity (Wildman–Crippen MR) is 188 cm³/mol. The average Bonchev–Trinajstić information content (AvgIpc) is 3.25. The highest BCUT2D eigenvalue weighted by molar-refractivity contribution is 7.87. The minimum absolute atomic E-state index is 0.262. The highest BCUT2D eigenvalue weighted by atomic mass is 32.2. The topological polar surface area (TPSA) is 98.8 Å². The molecule has 3 heterocycles. The summed E-state index contributed by atoms with van der Waals surface area (Å²) in [5.41, 5.74) is -4.16. The Kier molecular flexibility index (Phi) is 13.8. The van der Waals surface area contributed by atoms with Crippen LogP contribution in [-0.2, 0) is 55.6 Å². The molecule has 3 saturated heterocycles. The minimum Gasteiger partial charge on any atom is -0.411 e. The van der Waals surface area contributed by atoms with Crippen LogP contribution in [0.2, 0.25) is 18.1 Å². The Bertz CT molecular complexity index is 1460. The maximum atomic E-state index is 13.2. The van der Waals surface area contributed by atoms with Crippen LogP contribution in [0.3, 0.4) is 0 Å². The van der Waals surface area contributed by atoms with Gasteiger partial charge in [-0.05, 0) is 55.4 Å². The second-order valence-electron chi connectivity index (χ2n) is 14.1. The van der Waals surface area contributed by atoms with Crippen molar-refractivity contribution in [3.8, 4) is 0 Å². The first-order valence-corrected chi connectivity index (χ1v) is 22.1. The Morgan fingerprint density at radius 1 is 0.843 bits per heavy atom. The van der Waals surface area contributed by atoms with Gasteiger partial charge in [0, 0.05) is 19.4 Å². The van der Waals surface area contributed by atoms with Crippen LogP contribution in [-0.4, -0.2) is 83.8 Å². The van der Waals surface area contributed by atoms with E-state index in [1.54, 1.807) is 0 Å². The third-order valence-electron chi connectivity index (χ3n) is 10.8. The van der Waals surface area contributed by atoms with Crippen LogP contribution in [0.25, 0.3) is 0 Å². The Hall–Kier alpha value is -1.88. The molecule has 8 atom stereocenters. The lowest BCUT2D eigenvalue weighted by Gasteiger charge is -2.49. The number of fused-ring (bicyclic) bond motifs is 2. The van der Waals surface area contributed by atoms with Crippen molar-refractivity contribution in [1.82, 2.24) is 0 Å². The van der Waals surface area contributed by atoms with Crippen molar-refractivity contribution in [1.29, 1.82) is 0 Å². The molecule has 2 aromatic carbocycles. The lowest BCUT2D eigenvalue weighted by Crippen LogP contribution is -2.59. The fourth-order valence-electron chi connectivity index (χ4n) is 7.55. The molecule has 51 heavy (non-hydrogen) atoms. The number of hydrogen-bond donors (Lipinski definition) is 0. The molecular weight excluding hydrogens is 706 g/mol. The molecule has 0 bridgehead atoms. The van der Waals surface area contributed by atoms with Gasteiger partial charge in [-0.1, -0.05) is 81.4 Å². The summed E-state index contributed by atoms with van der Waals surface area (Å²) >= 11 is 0. The van der Waals surface area contributed by atoms with Crippen LogP contribution < -0.4 is 0 Å². The summed E-state index contributed by atoms with van der Waals surface area (Å²) in [4.78, 5) is 0. The predicted octanol–water partition coefficient (Wildman–Crippen LogP) is 7.69. The lowest BCUT2D eigenvalue weighted by atomic mass is 9.84. The first-order chi connectivity index (χ1) is 24.3. The first kappa shape index (κ1) is 40.3. The second kappa shape index (κ2) is 17.5. The van der Waals surface area contributed by atoms with E-state index in [1.807, 2.05) is 67.6 Å². The zero-order valence-corrected chi connectivity index (χ0v) is 31.8. The van der Waals surface area contributed by atoms with Gasteiger partial charge in [0.2, 0.25) is 0 Å². The number of rotatable bonds is 16. The molecule has 286 valence electrons. The third-order valence-corrected chi connectivity index (χ3v) is 16.5. The van der Waals surface area contributed by atoms with Gasteiger partial charge in [-0.3, -0.25) is 4.18 Å². The van der Waals surface area contributed by atoms with Crippen molar-refractivity contribution < 1.29 is 53.9 Å². The SMILES string of the molecule is CC[Si](CC)(CC)O[C@H]1C[C@H]2O[C@@]3(C)C[C@@H](OCc4ccccc4)[C@H](CCOCc4ccccc4)O[C@@H]3CC[C@@H]2O[C@@H]1COS(=O)(=O)C(F)(F)F. The fraction of sp³-hybridized carbons (Fsp3) is 0.676. The molecule has 0 aliphatic carbocycles. The van der Waals surface area contributed by atoms with Gasteiger partial charge in [0.1, 0.15) is 6.10 Å². The van der Waals surface area contributed by atoms with E-state index in [-0.39, 0.29) is 18.3 Å². The number of benzene rings is 2. The molecule has 0 radical (unpaired) electrons. The van der Waals surface area contributed by atoms with Crippen molar-refractivity contribution in [2.45, 2.75) is 145 Å². The smallest absolute Gasteiger partial charge is 0.411 e. The van der Waals surface area contributed by atoms with Gasteiger partial charge in [0.05, 0.1) is 62.0 Å². The number of ether oxygens (including phenoxy) is 5. The average molecular weight is 759 g/mol. The molecule has 3 fully saturated rings. The van der Waals surface area contributed by atoms with Crippen LogP contribution in [0.4, 0.5) is 13.2 Å². The summed E-state index contributed by atoms with van der Waals surface area (Å²) in [6.07, 6.45) is -0.995. The molecule has 3 aliphatic heterocycles. The maximum Gasteiger partial charge on any atom is 0.523 e. The molecule has 3 aliphatic rings. The van der Waals surface area contributed by atoms with Crippen LogP contribution in [0.1, 0.15) is 70.9 Å². The number of halogens is 3. The first-order valence-electron chi connectivity index (χ1n) is 18.2. The van der Waals surface area contributed by atoms with Gasteiger partial charge >= 0.3 is 15.6 Å². The van der Waals surface area contributed by atoms with Crippen molar-refractivity contribution in [3.05, 3.63) is 71.8 Å². The summed E-state index contributed by atoms with van der Waals surface area (Å²) < 4.78 is 107. The molecule has 5 rings (SSSR count). The van der Waals surface area contributed by atoms with E-state index >= 15 is 0 Å². The van der Waals surface area contributed by atoms with Gasteiger partial charge in [0.25, 0.3) is 0 Å². The van der Waals surface area contributed by atoms with Crippen molar-refractivity contribution in [2.75, 3.05) is 13.2 Å². The monoisotopic (exact) mass is 758 g/mol. The Morgan fingerprint density at radius 3 is 2.08 bits per heavy atom. The number of hydrogen-bond acceptors (Lipinski definition) is 9. The van der Waals surface area contributed by atoms with Crippen LogP contribution in [0.5, 0.6) is 0 Å². The zero-order valence-electron chi connectivity index (χ0n) is 30.0. The molecular formula is C37H53F3O9SSi. The van der Waals surface area contributed by atoms with Crippen molar-refractivity contribution >= 4 is 18.4 Å². The van der Waals surface area contributed by atoms with E-state index in [9.17, 15) is 21.6 Å². The quantitative estimate of drug-likeness (QED) is 0.0739. The molecule has 2 aromatic rings. The molecule has 9 nitrogen and oxygen atoms in total. The Balaban J connectivity index is 1.33. The molecule has 0 unspecified atom stereocenters. The standard InChI is InChI=1S/C37H53F3O9SSi/c1-5-51(6-2,7-3)49-32-22-31-29(46-34(32)26-45-50(41,42)37(38,39)40)18-19-35-36(4,48-31)23-33(44-25-28-16-12-9-13-17-28)30(47-35)20-21-43-24-27-14-10-8-11-15-27/h8-17,29-35H,5-7,18-26H2,1-4H3/t29-,30-,31+,32-,33+,34+,35+,36-/m0/s1. The molecule has 14 heteroatoms. The van der Waals surface area contributed by atoms with E-state index in [2.05, 4.69) is 25.0 Å². The highest BCUT2D eigenvalue weighted by Gasteiger charge is 2.54. The van der Waals surface area contributed by atoms with E-state index in [4.69, 9.17) is 28.1 Å². The molecule has 0 saturated carbocycles. The fourth-order valence-corrected chi connectivity index (χ4v) is 10.9. The molecule has 0 aromatic heterocycles. The van der Waals surface area contributed by atoms with E-state index in [1.165, 1.54) is 0 Å². The molecule has 0 N–H and O–H groups in total. The summed E-state index contributed by atoms with van der Waals surface area (Å²) in [6, 6.07) is 22.3. The van der Waals surface area contributed by atoms with Crippen molar-refractivity contribution in [2.24, 2.45) is 0 Å². The van der Waals surface area contributed by atoms with Crippen LogP contribution in [0, 0.1) is 0 Å². The highest BCUT2D eigenvalue weighted by Crippen LogP contribution is 2.44. The van der Waals surface area contributed by atoms with Gasteiger partial charge < -0.3 is 28.1 Å². The van der Waals surface area contributed by atoms with Crippen LogP contribution >= 0.6 is 0 Å². The van der Waals surface area contributed by atoms with E-state index in [0.29, 0.717) is 51.9 Å². The normalized spacial score (nSPS) is 30.3. The second-order valence-corrected chi connectivity index (χ2v) is 20.4. The molecule has 0 amide bonds. The van der Waals surface area contributed by atoms with Gasteiger partial charge in [0.15, 0.2) is 8.32 Å². The molecule has 0 spiro atoms. The summed E-state index contributed by atoms with van der Waals surface area (Å²) in [5, 5.41) is 0. The summed E-state index contributed by atoms with van der Waals surface area (Å²) in [6.45, 7) is 8.77. The Morgan fingerprint density at radius 2 is 1.47 bits per heavy atom. The largest absolute Gasteiger partial charge is 0.523 e. The zero-order chi connectivity index (χ0) is 36.7. The number of alkyl halides is 3. The van der Waals surface area contributed by atoms with Crippen molar-refractivity contribution in [3.63, 3.8) is 0 Å². The summed E-state index contributed by atoms with van der Waals surface area (Å²) in [7, 11) is -8.11. The van der Waals surface area contributed by atoms with Gasteiger partial charge in [-0.25, -0.2) is 0 Å². The Labute approximate surface area is 301 Å². The maximum absolute atomic E-state index is 13.2. The van der Waals surface area contributed by atoms with E-state index < -0.39 is 60.6 Å². The van der Waals surface area contributed by atoms with Gasteiger partial charge in [-0.2, -0.15) is 21.6 Å². The van der Waals surface area contributed by atoms with E-state index in [0.717, 1.165) is 29.3 Å². The minimum atomic E-state index is -5.81. The lowest BCUT2D eigenvalue weighted by molar-refractivity contribution is -0.267.